The first kappa shape index (κ1) is 15.5. The number of ether oxygens (including phenoxy) is 1. The first-order valence-electron chi connectivity index (χ1n) is 8.67. The van der Waals surface area contributed by atoms with Gasteiger partial charge in [-0.2, -0.15) is 5.10 Å². The van der Waals surface area contributed by atoms with E-state index in [4.69, 9.17) is 9.84 Å². The topological polar surface area (TPSA) is 68.1 Å². The van der Waals surface area contributed by atoms with Gasteiger partial charge in [-0.1, -0.05) is 0 Å². The summed E-state index contributed by atoms with van der Waals surface area (Å²) >= 11 is 0. The summed E-state index contributed by atoms with van der Waals surface area (Å²) in [7, 11) is 2.05. The average Bonchev–Trinajstić information content (AvgIpc) is 2.97. The molecule has 7 heteroatoms. The number of hydrogen-bond acceptors (Lipinski definition) is 6. The van der Waals surface area contributed by atoms with Crippen LogP contribution in [0.2, 0.25) is 0 Å². The molecular formula is C17H24N6O. The number of aryl methyl sites for hydroxylation is 1. The van der Waals surface area contributed by atoms with E-state index in [0.717, 1.165) is 51.3 Å². The third kappa shape index (κ3) is 3.14. The molecule has 2 aromatic rings. The Morgan fingerprint density at radius 1 is 1.25 bits per heavy atom. The molecule has 4 heterocycles. The zero-order chi connectivity index (χ0) is 16.4. The maximum atomic E-state index is 5.50. The fraction of sp³-hybridized carbons (Fsp3) is 0.588. The lowest BCUT2D eigenvalue weighted by Crippen LogP contribution is -2.42. The fourth-order valence-electron chi connectivity index (χ4n) is 3.73. The molecular weight excluding hydrogens is 304 g/mol. The van der Waals surface area contributed by atoms with E-state index in [2.05, 4.69) is 27.2 Å². The Hall–Kier alpha value is -1.99. The molecule has 0 saturated carbocycles. The van der Waals surface area contributed by atoms with Crippen molar-refractivity contribution >= 4 is 5.95 Å². The van der Waals surface area contributed by atoms with Gasteiger partial charge in [0, 0.05) is 57.3 Å². The third-order valence-electron chi connectivity index (χ3n) is 5.05. The summed E-state index contributed by atoms with van der Waals surface area (Å²) in [6.07, 6.45) is 6.84. The Morgan fingerprint density at radius 3 is 2.83 bits per heavy atom. The molecule has 4 rings (SSSR count). The molecule has 7 nitrogen and oxygen atoms in total. The monoisotopic (exact) mass is 328 g/mol. The first-order chi connectivity index (χ1) is 11.8. The van der Waals surface area contributed by atoms with Crippen LogP contribution in [0.4, 0.5) is 5.95 Å². The zero-order valence-corrected chi connectivity index (χ0v) is 14.1. The molecule has 128 valence electrons. The molecule has 0 amide bonds. The zero-order valence-electron chi connectivity index (χ0n) is 14.1. The summed E-state index contributed by atoms with van der Waals surface area (Å²) in [5.74, 6) is 0.650. The molecule has 24 heavy (non-hydrogen) atoms. The van der Waals surface area contributed by atoms with Crippen LogP contribution < -0.4 is 5.32 Å². The van der Waals surface area contributed by atoms with Crippen LogP contribution in [0.1, 0.15) is 29.8 Å². The summed E-state index contributed by atoms with van der Waals surface area (Å²) < 4.78 is 7.54. The van der Waals surface area contributed by atoms with E-state index in [1.165, 1.54) is 11.3 Å². The molecule has 0 unspecified atom stereocenters. The molecule has 1 fully saturated rings. The SMILES string of the molecule is Cn1nc(CNc2ncccn2)c2c1CN(C1CCOCC1)CC2. The van der Waals surface area contributed by atoms with Crippen LogP contribution in [0, 0.1) is 0 Å². The van der Waals surface area contributed by atoms with Crippen molar-refractivity contribution in [3.8, 4) is 0 Å². The lowest BCUT2D eigenvalue weighted by molar-refractivity contribution is 0.0281. The van der Waals surface area contributed by atoms with Crippen molar-refractivity contribution < 1.29 is 4.74 Å². The fourth-order valence-corrected chi connectivity index (χ4v) is 3.73. The highest BCUT2D eigenvalue weighted by atomic mass is 16.5. The van der Waals surface area contributed by atoms with E-state index in [1.54, 1.807) is 12.4 Å². The minimum absolute atomic E-state index is 0.650. The summed E-state index contributed by atoms with van der Waals surface area (Å²) in [6, 6.07) is 2.47. The summed E-state index contributed by atoms with van der Waals surface area (Å²) in [4.78, 5) is 11.0. The van der Waals surface area contributed by atoms with Crippen LogP contribution in [-0.2, 0) is 31.3 Å². The molecule has 0 aliphatic carbocycles. The predicted octanol–water partition coefficient (Wildman–Crippen LogP) is 1.36. The van der Waals surface area contributed by atoms with Gasteiger partial charge in [-0.3, -0.25) is 9.58 Å². The lowest BCUT2D eigenvalue weighted by Gasteiger charge is -2.36. The Bertz CT molecular complexity index is 680. The van der Waals surface area contributed by atoms with Gasteiger partial charge >= 0.3 is 0 Å². The number of fused-ring (bicyclic) bond motifs is 1. The molecule has 2 aromatic heterocycles. The Labute approximate surface area is 142 Å². The third-order valence-corrected chi connectivity index (χ3v) is 5.05. The highest BCUT2D eigenvalue weighted by molar-refractivity contribution is 5.32. The van der Waals surface area contributed by atoms with Gasteiger partial charge < -0.3 is 10.1 Å². The minimum Gasteiger partial charge on any atom is -0.381 e. The quantitative estimate of drug-likeness (QED) is 0.914. The number of aromatic nitrogens is 4. The van der Waals surface area contributed by atoms with E-state index in [0.29, 0.717) is 18.5 Å². The molecule has 0 radical (unpaired) electrons. The Kier molecular flexibility index (Phi) is 4.44. The number of nitrogens with zero attached hydrogens (tertiary/aromatic N) is 5. The highest BCUT2D eigenvalue weighted by Crippen LogP contribution is 2.26. The minimum atomic E-state index is 0.650. The predicted molar refractivity (Wildman–Crippen MR) is 90.5 cm³/mol. The van der Waals surface area contributed by atoms with Crippen LogP contribution >= 0.6 is 0 Å². The van der Waals surface area contributed by atoms with Gasteiger partial charge in [-0.25, -0.2) is 9.97 Å². The number of hydrogen-bond donors (Lipinski definition) is 1. The van der Waals surface area contributed by atoms with E-state index >= 15 is 0 Å². The first-order valence-corrected chi connectivity index (χ1v) is 8.67. The number of anilines is 1. The van der Waals surface area contributed by atoms with Crippen LogP contribution in [0.3, 0.4) is 0 Å². The van der Waals surface area contributed by atoms with Crippen molar-refractivity contribution in [1.82, 2.24) is 24.6 Å². The van der Waals surface area contributed by atoms with Crippen molar-refractivity contribution in [2.45, 2.75) is 38.4 Å². The summed E-state index contributed by atoms with van der Waals surface area (Å²) in [5, 5.41) is 8.00. The van der Waals surface area contributed by atoms with E-state index < -0.39 is 0 Å². The van der Waals surface area contributed by atoms with E-state index in [1.807, 2.05) is 10.7 Å². The van der Waals surface area contributed by atoms with Crippen molar-refractivity contribution in [2.24, 2.45) is 7.05 Å². The highest BCUT2D eigenvalue weighted by Gasteiger charge is 2.28. The number of rotatable bonds is 4. The van der Waals surface area contributed by atoms with Gasteiger partial charge in [0.1, 0.15) is 0 Å². The molecule has 1 N–H and O–H groups in total. The van der Waals surface area contributed by atoms with E-state index in [9.17, 15) is 0 Å². The van der Waals surface area contributed by atoms with E-state index in [-0.39, 0.29) is 0 Å². The van der Waals surface area contributed by atoms with Crippen LogP contribution in [-0.4, -0.2) is 50.4 Å². The lowest BCUT2D eigenvalue weighted by atomic mass is 9.99. The van der Waals surface area contributed by atoms with Crippen LogP contribution in [0.25, 0.3) is 0 Å². The van der Waals surface area contributed by atoms with Gasteiger partial charge in [0.05, 0.1) is 17.9 Å². The van der Waals surface area contributed by atoms with Crippen molar-refractivity contribution in [3.05, 3.63) is 35.4 Å². The van der Waals surface area contributed by atoms with Crippen LogP contribution in [0.15, 0.2) is 18.5 Å². The Balaban J connectivity index is 1.46. The molecule has 2 aliphatic heterocycles. The standard InChI is InChI=1S/C17H24N6O/c1-22-16-12-23(13-4-9-24-10-5-13)8-3-14(16)15(21-22)11-20-17-18-6-2-7-19-17/h2,6-7,13H,3-5,8-12H2,1H3,(H,18,19,20). The second-order valence-corrected chi connectivity index (χ2v) is 6.49. The van der Waals surface area contributed by atoms with Gasteiger partial charge in [0.15, 0.2) is 0 Å². The summed E-state index contributed by atoms with van der Waals surface area (Å²) in [6.45, 7) is 4.56. The Morgan fingerprint density at radius 2 is 2.04 bits per heavy atom. The van der Waals surface area contributed by atoms with Crippen LogP contribution in [0.5, 0.6) is 0 Å². The van der Waals surface area contributed by atoms with Crippen molar-refractivity contribution in [3.63, 3.8) is 0 Å². The smallest absolute Gasteiger partial charge is 0.222 e. The molecule has 0 aromatic carbocycles. The molecule has 0 spiro atoms. The second kappa shape index (κ2) is 6.86. The number of nitrogens with one attached hydrogen (secondary N) is 1. The second-order valence-electron chi connectivity index (χ2n) is 6.49. The van der Waals surface area contributed by atoms with Gasteiger partial charge in [0.2, 0.25) is 5.95 Å². The largest absolute Gasteiger partial charge is 0.381 e. The molecule has 0 bridgehead atoms. The van der Waals surface area contributed by atoms with Gasteiger partial charge in [-0.15, -0.1) is 0 Å². The summed E-state index contributed by atoms with van der Waals surface area (Å²) in [5.41, 5.74) is 3.86. The van der Waals surface area contributed by atoms with Gasteiger partial charge in [0.25, 0.3) is 0 Å². The average molecular weight is 328 g/mol. The maximum Gasteiger partial charge on any atom is 0.222 e. The van der Waals surface area contributed by atoms with Gasteiger partial charge in [-0.05, 0) is 25.3 Å². The molecule has 2 aliphatic rings. The molecule has 0 atom stereocenters. The molecule has 1 saturated heterocycles. The normalized spacial score (nSPS) is 19.2. The van der Waals surface area contributed by atoms with Crippen molar-refractivity contribution in [2.75, 3.05) is 25.1 Å². The maximum absolute atomic E-state index is 5.50. The van der Waals surface area contributed by atoms with Crippen molar-refractivity contribution in [1.29, 1.82) is 0 Å².